The van der Waals surface area contributed by atoms with Crippen LogP contribution in [-0.4, -0.2) is 40.1 Å². The summed E-state index contributed by atoms with van der Waals surface area (Å²) in [5.41, 5.74) is -0.481. The van der Waals surface area contributed by atoms with Gasteiger partial charge in [0.2, 0.25) is 0 Å². The van der Waals surface area contributed by atoms with Crippen LogP contribution >= 0.6 is 11.6 Å². The fraction of sp³-hybridized carbons (Fsp3) is 0.458. The maximum Gasteiger partial charge on any atom is 0.268 e. The zero-order valence-corrected chi connectivity index (χ0v) is 20.3. The van der Waals surface area contributed by atoms with E-state index in [1.807, 2.05) is 4.72 Å². The highest BCUT2D eigenvalue weighted by Gasteiger charge is 2.24. The lowest BCUT2D eigenvalue weighted by Crippen LogP contribution is -2.31. The van der Waals surface area contributed by atoms with Crippen molar-refractivity contribution in [1.29, 1.82) is 0 Å². The Morgan fingerprint density at radius 1 is 1.06 bits per heavy atom. The number of benzene rings is 2. The predicted molar refractivity (Wildman–Crippen MR) is 126 cm³/mol. The number of carbonyl (C=O) groups is 1. The molecule has 1 aliphatic heterocycles. The topological polar surface area (TPSA) is 93.7 Å². The zero-order valence-electron chi connectivity index (χ0n) is 18.7. The average Bonchev–Trinajstić information content (AvgIpc) is 3.52. The van der Waals surface area contributed by atoms with Crippen LogP contribution in [0.4, 0.5) is 4.39 Å². The second kappa shape index (κ2) is 10.9. The molecule has 1 heterocycles. The molecule has 2 aliphatic rings. The summed E-state index contributed by atoms with van der Waals surface area (Å²) in [6.07, 6.45) is 6.56. The van der Waals surface area contributed by atoms with E-state index >= 15 is 0 Å². The largest absolute Gasteiger partial charge is 0.492 e. The monoisotopic (exact) mass is 510 g/mol. The first-order chi connectivity index (χ1) is 16.3. The van der Waals surface area contributed by atoms with Gasteiger partial charge in [-0.2, -0.15) is 0 Å². The van der Waals surface area contributed by atoms with Gasteiger partial charge in [0.25, 0.3) is 15.9 Å². The molecule has 2 aromatic rings. The Bertz CT molecular complexity index is 1110. The van der Waals surface area contributed by atoms with Crippen LogP contribution in [0.5, 0.6) is 11.5 Å². The molecule has 1 amide bonds. The molecule has 2 fully saturated rings. The molecule has 0 aromatic heterocycles. The number of halogens is 2. The highest BCUT2D eigenvalue weighted by Crippen LogP contribution is 2.31. The minimum Gasteiger partial charge on any atom is -0.492 e. The van der Waals surface area contributed by atoms with Crippen molar-refractivity contribution in [3.05, 3.63) is 52.8 Å². The van der Waals surface area contributed by atoms with Crippen LogP contribution < -0.4 is 19.5 Å². The van der Waals surface area contributed by atoms with E-state index in [0.29, 0.717) is 24.9 Å². The van der Waals surface area contributed by atoms with Gasteiger partial charge in [-0.3, -0.25) is 4.79 Å². The fourth-order valence-electron chi connectivity index (χ4n) is 4.24. The first-order valence-electron chi connectivity index (χ1n) is 11.5. The number of ether oxygens (including phenoxy) is 2. The average molecular weight is 511 g/mol. The quantitative estimate of drug-likeness (QED) is 0.522. The van der Waals surface area contributed by atoms with E-state index in [9.17, 15) is 17.6 Å². The van der Waals surface area contributed by atoms with Crippen molar-refractivity contribution in [3.63, 3.8) is 0 Å². The Hall–Kier alpha value is -2.36. The minimum absolute atomic E-state index is 0.0419. The number of hydrogen-bond acceptors (Lipinski definition) is 6. The highest BCUT2D eigenvalue weighted by atomic mass is 35.5. The van der Waals surface area contributed by atoms with Gasteiger partial charge in [-0.25, -0.2) is 17.5 Å². The molecule has 1 saturated carbocycles. The van der Waals surface area contributed by atoms with Gasteiger partial charge in [0.15, 0.2) is 0 Å². The smallest absolute Gasteiger partial charge is 0.268 e. The SMILES string of the molecule is O=C(NS(=O)(=O)c1ccc(OCC2CCCN2)cc1)c1cc(Cl)c(OCC2CCCC2)cc1F. The molecule has 0 radical (unpaired) electrons. The van der Waals surface area contributed by atoms with Gasteiger partial charge in [0.05, 0.1) is 22.1 Å². The van der Waals surface area contributed by atoms with Crippen LogP contribution in [0.1, 0.15) is 48.9 Å². The van der Waals surface area contributed by atoms with E-state index in [2.05, 4.69) is 5.32 Å². The summed E-state index contributed by atoms with van der Waals surface area (Å²) in [5.74, 6) is -0.973. The Morgan fingerprint density at radius 2 is 1.79 bits per heavy atom. The molecular formula is C24H28ClFN2O5S. The zero-order chi connectivity index (χ0) is 24.1. The summed E-state index contributed by atoms with van der Waals surface area (Å²) in [5, 5.41) is 3.36. The lowest BCUT2D eigenvalue weighted by atomic mass is 10.1. The van der Waals surface area contributed by atoms with Crippen molar-refractivity contribution in [2.45, 2.75) is 49.5 Å². The molecule has 1 unspecified atom stereocenters. The van der Waals surface area contributed by atoms with E-state index in [4.69, 9.17) is 21.1 Å². The summed E-state index contributed by atoms with van der Waals surface area (Å²) in [6.45, 7) is 1.88. The van der Waals surface area contributed by atoms with Crippen molar-refractivity contribution >= 4 is 27.5 Å². The van der Waals surface area contributed by atoms with Crippen LogP contribution in [0, 0.1) is 11.7 Å². The van der Waals surface area contributed by atoms with Crippen molar-refractivity contribution < 1.29 is 27.1 Å². The lowest BCUT2D eigenvalue weighted by molar-refractivity contribution is 0.0977. The molecule has 0 spiro atoms. The van der Waals surface area contributed by atoms with Crippen LogP contribution in [0.25, 0.3) is 0 Å². The summed E-state index contributed by atoms with van der Waals surface area (Å²) in [4.78, 5) is 12.4. The van der Waals surface area contributed by atoms with Gasteiger partial charge in [-0.05, 0) is 68.5 Å². The maximum atomic E-state index is 14.6. The summed E-state index contributed by atoms with van der Waals surface area (Å²) < 4.78 is 53.1. The van der Waals surface area contributed by atoms with E-state index in [-0.39, 0.29) is 21.7 Å². The molecule has 1 aliphatic carbocycles. The fourth-order valence-corrected chi connectivity index (χ4v) is 5.43. The van der Waals surface area contributed by atoms with Gasteiger partial charge >= 0.3 is 0 Å². The van der Waals surface area contributed by atoms with Crippen LogP contribution in [-0.2, 0) is 10.0 Å². The van der Waals surface area contributed by atoms with E-state index in [0.717, 1.165) is 57.2 Å². The Balaban J connectivity index is 1.38. The third-order valence-electron chi connectivity index (χ3n) is 6.19. The van der Waals surface area contributed by atoms with Gasteiger partial charge in [-0.15, -0.1) is 0 Å². The Morgan fingerprint density at radius 3 is 2.47 bits per heavy atom. The number of sulfonamides is 1. The van der Waals surface area contributed by atoms with Crippen molar-refractivity contribution in [2.75, 3.05) is 19.8 Å². The van der Waals surface area contributed by atoms with E-state index < -0.39 is 27.3 Å². The Kier molecular flexibility index (Phi) is 7.95. The van der Waals surface area contributed by atoms with Gasteiger partial charge in [0.1, 0.15) is 23.9 Å². The number of amides is 1. The number of carbonyl (C=O) groups excluding carboxylic acids is 1. The number of nitrogens with one attached hydrogen (secondary N) is 2. The van der Waals surface area contributed by atoms with E-state index in [1.165, 1.54) is 24.3 Å². The van der Waals surface area contributed by atoms with Gasteiger partial charge in [0, 0.05) is 12.1 Å². The first-order valence-corrected chi connectivity index (χ1v) is 13.3. The first kappa shape index (κ1) is 24.8. The Labute approximate surface area is 204 Å². The standard InChI is InChI=1S/C24H28ClFN2O5S/c25-21-12-20(22(26)13-23(21)33-14-16-4-1-2-5-16)24(29)28-34(30,31)19-9-7-18(8-10-19)32-15-17-6-3-11-27-17/h7-10,12-13,16-17,27H,1-6,11,14-15H2,(H,28,29). The molecule has 7 nitrogen and oxygen atoms in total. The number of rotatable bonds is 9. The summed E-state index contributed by atoms with van der Waals surface area (Å²) in [6, 6.07) is 8.07. The van der Waals surface area contributed by atoms with Crippen molar-refractivity contribution in [1.82, 2.24) is 10.0 Å². The molecular weight excluding hydrogens is 483 g/mol. The third kappa shape index (κ3) is 6.20. The summed E-state index contributed by atoms with van der Waals surface area (Å²) >= 11 is 6.17. The van der Waals surface area contributed by atoms with Crippen LogP contribution in [0.3, 0.4) is 0 Å². The van der Waals surface area contributed by atoms with Crippen LogP contribution in [0.2, 0.25) is 5.02 Å². The predicted octanol–water partition coefficient (Wildman–Crippen LogP) is 4.30. The second-order valence-electron chi connectivity index (χ2n) is 8.73. The van der Waals surface area contributed by atoms with Crippen molar-refractivity contribution in [3.8, 4) is 11.5 Å². The molecule has 0 bridgehead atoms. The molecule has 1 atom stereocenters. The van der Waals surface area contributed by atoms with E-state index in [1.54, 1.807) is 0 Å². The molecule has 10 heteroatoms. The number of hydrogen-bond donors (Lipinski definition) is 2. The second-order valence-corrected chi connectivity index (χ2v) is 10.8. The molecule has 2 N–H and O–H groups in total. The molecule has 2 aromatic carbocycles. The lowest BCUT2D eigenvalue weighted by Gasteiger charge is -2.14. The molecule has 184 valence electrons. The highest BCUT2D eigenvalue weighted by molar-refractivity contribution is 7.90. The normalized spacial score (nSPS) is 18.7. The van der Waals surface area contributed by atoms with Gasteiger partial charge < -0.3 is 14.8 Å². The maximum absolute atomic E-state index is 14.6. The van der Waals surface area contributed by atoms with Gasteiger partial charge in [-0.1, -0.05) is 24.4 Å². The third-order valence-corrected chi connectivity index (χ3v) is 7.83. The van der Waals surface area contributed by atoms with Crippen molar-refractivity contribution in [2.24, 2.45) is 5.92 Å². The minimum atomic E-state index is -4.22. The van der Waals surface area contributed by atoms with Crippen LogP contribution in [0.15, 0.2) is 41.3 Å². The molecule has 1 saturated heterocycles. The molecule has 34 heavy (non-hydrogen) atoms. The molecule has 4 rings (SSSR count). The summed E-state index contributed by atoms with van der Waals surface area (Å²) in [7, 11) is -4.22.